The summed E-state index contributed by atoms with van der Waals surface area (Å²) in [5.74, 6) is 1.13. The maximum absolute atomic E-state index is 4.37. The number of nitrogens with zero attached hydrogens (tertiary/aromatic N) is 1. The SMILES string of the molecule is Ic1ccccc1CC1=NCCN1. The smallest absolute Gasteiger partial charge is 0.101 e. The number of rotatable bonds is 2. The highest BCUT2D eigenvalue weighted by Crippen LogP contribution is 2.12. The molecule has 0 saturated heterocycles. The van der Waals surface area contributed by atoms with Gasteiger partial charge >= 0.3 is 0 Å². The van der Waals surface area contributed by atoms with E-state index < -0.39 is 0 Å². The predicted octanol–water partition coefficient (Wildman–Crippen LogP) is 1.84. The van der Waals surface area contributed by atoms with Gasteiger partial charge in [0.25, 0.3) is 0 Å². The molecule has 0 unspecified atom stereocenters. The normalized spacial score (nSPS) is 15.3. The maximum atomic E-state index is 4.37. The molecule has 0 bridgehead atoms. The molecular formula is C10H11IN2. The minimum absolute atomic E-state index is 0.929. The van der Waals surface area contributed by atoms with E-state index in [1.165, 1.54) is 9.13 Å². The van der Waals surface area contributed by atoms with Crippen LogP contribution >= 0.6 is 22.6 Å². The van der Waals surface area contributed by atoms with Gasteiger partial charge in [0, 0.05) is 16.5 Å². The van der Waals surface area contributed by atoms with Crippen molar-refractivity contribution < 1.29 is 0 Å². The summed E-state index contributed by atoms with van der Waals surface area (Å²) in [6, 6.07) is 8.43. The summed E-state index contributed by atoms with van der Waals surface area (Å²) in [6.07, 6.45) is 0.944. The molecule has 3 heteroatoms. The van der Waals surface area contributed by atoms with E-state index in [-0.39, 0.29) is 0 Å². The number of halogens is 1. The van der Waals surface area contributed by atoms with Gasteiger partial charge in [0.05, 0.1) is 6.54 Å². The van der Waals surface area contributed by atoms with Crippen molar-refractivity contribution in [3.63, 3.8) is 0 Å². The second kappa shape index (κ2) is 4.09. The van der Waals surface area contributed by atoms with Crippen LogP contribution in [0.5, 0.6) is 0 Å². The average Bonchev–Trinajstić information content (AvgIpc) is 2.61. The van der Waals surface area contributed by atoms with E-state index in [4.69, 9.17) is 0 Å². The topological polar surface area (TPSA) is 24.4 Å². The summed E-state index contributed by atoms with van der Waals surface area (Å²) >= 11 is 2.36. The van der Waals surface area contributed by atoms with Gasteiger partial charge in [-0.05, 0) is 34.2 Å². The number of nitrogens with one attached hydrogen (secondary N) is 1. The van der Waals surface area contributed by atoms with Crippen LogP contribution < -0.4 is 5.32 Å². The lowest BCUT2D eigenvalue weighted by atomic mass is 10.1. The molecule has 1 aliphatic rings. The molecule has 0 saturated carbocycles. The standard InChI is InChI=1S/C10H11IN2/c11-9-4-2-1-3-8(9)7-10-12-5-6-13-10/h1-4H,5-7H2,(H,12,13). The van der Waals surface area contributed by atoms with E-state index >= 15 is 0 Å². The molecule has 0 spiro atoms. The first-order valence-corrected chi connectivity index (χ1v) is 5.45. The fourth-order valence-corrected chi connectivity index (χ4v) is 1.97. The van der Waals surface area contributed by atoms with Gasteiger partial charge in [-0.25, -0.2) is 0 Å². The Morgan fingerprint density at radius 3 is 2.92 bits per heavy atom. The van der Waals surface area contributed by atoms with Crippen LogP contribution in [0.4, 0.5) is 0 Å². The molecule has 0 amide bonds. The Kier molecular flexibility index (Phi) is 2.83. The largest absolute Gasteiger partial charge is 0.372 e. The number of amidine groups is 1. The van der Waals surface area contributed by atoms with Crippen molar-refractivity contribution in [1.82, 2.24) is 5.32 Å². The van der Waals surface area contributed by atoms with E-state index in [0.717, 1.165) is 25.3 Å². The first-order chi connectivity index (χ1) is 6.36. The van der Waals surface area contributed by atoms with E-state index in [1.54, 1.807) is 0 Å². The molecule has 2 rings (SSSR count). The van der Waals surface area contributed by atoms with Gasteiger partial charge in [0.2, 0.25) is 0 Å². The molecule has 0 aromatic heterocycles. The molecule has 1 aromatic rings. The quantitative estimate of drug-likeness (QED) is 0.824. The molecule has 0 fully saturated rings. The highest BCUT2D eigenvalue weighted by molar-refractivity contribution is 14.1. The van der Waals surface area contributed by atoms with Crippen molar-refractivity contribution in [3.05, 3.63) is 33.4 Å². The van der Waals surface area contributed by atoms with Crippen LogP contribution in [0.15, 0.2) is 29.3 Å². The fourth-order valence-electron chi connectivity index (χ4n) is 1.39. The molecule has 0 radical (unpaired) electrons. The lowest BCUT2D eigenvalue weighted by Gasteiger charge is -2.04. The summed E-state index contributed by atoms with van der Waals surface area (Å²) < 4.78 is 1.32. The second-order valence-corrected chi connectivity index (χ2v) is 4.19. The van der Waals surface area contributed by atoms with Gasteiger partial charge in [-0.2, -0.15) is 0 Å². The zero-order valence-electron chi connectivity index (χ0n) is 7.26. The zero-order chi connectivity index (χ0) is 9.10. The number of aliphatic imine (C=N–C) groups is 1. The second-order valence-electron chi connectivity index (χ2n) is 3.02. The van der Waals surface area contributed by atoms with Crippen LogP contribution in [0, 0.1) is 3.57 Å². The Labute approximate surface area is 91.6 Å². The monoisotopic (exact) mass is 286 g/mol. The third-order valence-electron chi connectivity index (χ3n) is 2.06. The van der Waals surface area contributed by atoms with E-state index in [1.807, 2.05) is 0 Å². The molecule has 1 aromatic carbocycles. The van der Waals surface area contributed by atoms with Crippen molar-refractivity contribution in [3.8, 4) is 0 Å². The van der Waals surface area contributed by atoms with Gasteiger partial charge in [-0.1, -0.05) is 18.2 Å². The van der Waals surface area contributed by atoms with Crippen molar-refractivity contribution in [2.45, 2.75) is 6.42 Å². The lowest BCUT2D eigenvalue weighted by Crippen LogP contribution is -2.20. The van der Waals surface area contributed by atoms with Crippen LogP contribution in [0.3, 0.4) is 0 Å². The zero-order valence-corrected chi connectivity index (χ0v) is 9.41. The van der Waals surface area contributed by atoms with Crippen LogP contribution in [-0.2, 0) is 6.42 Å². The summed E-state index contributed by atoms with van der Waals surface area (Å²) in [6.45, 7) is 1.93. The van der Waals surface area contributed by atoms with Crippen molar-refractivity contribution in [1.29, 1.82) is 0 Å². The number of hydrogen-bond donors (Lipinski definition) is 1. The Morgan fingerprint density at radius 2 is 2.23 bits per heavy atom. The minimum Gasteiger partial charge on any atom is -0.372 e. The Hall–Kier alpha value is -0.580. The molecule has 13 heavy (non-hydrogen) atoms. The first kappa shape index (κ1) is 8.99. The fraction of sp³-hybridized carbons (Fsp3) is 0.300. The lowest BCUT2D eigenvalue weighted by molar-refractivity contribution is 0.953. The molecular weight excluding hydrogens is 275 g/mol. The number of hydrogen-bond acceptors (Lipinski definition) is 2. The highest BCUT2D eigenvalue weighted by Gasteiger charge is 2.07. The predicted molar refractivity (Wildman–Crippen MR) is 63.2 cm³/mol. The summed E-state index contributed by atoms with van der Waals surface area (Å²) in [5, 5.41) is 3.28. The van der Waals surface area contributed by atoms with Crippen molar-refractivity contribution in [2.75, 3.05) is 13.1 Å². The molecule has 0 aliphatic carbocycles. The van der Waals surface area contributed by atoms with Crippen molar-refractivity contribution >= 4 is 28.4 Å². The van der Waals surface area contributed by atoms with Crippen LogP contribution in [-0.4, -0.2) is 18.9 Å². The molecule has 68 valence electrons. The van der Waals surface area contributed by atoms with Gasteiger partial charge in [-0.15, -0.1) is 0 Å². The average molecular weight is 286 g/mol. The summed E-state index contributed by atoms with van der Waals surface area (Å²) in [5.41, 5.74) is 1.36. The maximum Gasteiger partial charge on any atom is 0.101 e. The van der Waals surface area contributed by atoms with Crippen molar-refractivity contribution in [2.24, 2.45) is 4.99 Å². The molecule has 0 atom stereocenters. The minimum atomic E-state index is 0.929. The molecule has 1 aliphatic heterocycles. The Bertz CT molecular complexity index is 333. The van der Waals surface area contributed by atoms with Gasteiger partial charge in [0.15, 0.2) is 0 Å². The Morgan fingerprint density at radius 1 is 1.38 bits per heavy atom. The van der Waals surface area contributed by atoms with E-state index in [0.29, 0.717) is 0 Å². The van der Waals surface area contributed by atoms with Crippen LogP contribution in [0.1, 0.15) is 5.56 Å². The van der Waals surface area contributed by atoms with E-state index in [9.17, 15) is 0 Å². The summed E-state index contributed by atoms with van der Waals surface area (Å²) in [4.78, 5) is 4.37. The molecule has 1 N–H and O–H groups in total. The molecule has 1 heterocycles. The first-order valence-electron chi connectivity index (χ1n) is 4.37. The molecule has 2 nitrogen and oxygen atoms in total. The van der Waals surface area contributed by atoms with Gasteiger partial charge in [-0.3, -0.25) is 4.99 Å². The third-order valence-corrected chi connectivity index (χ3v) is 3.11. The third kappa shape index (κ3) is 2.21. The van der Waals surface area contributed by atoms with Gasteiger partial charge < -0.3 is 5.32 Å². The highest BCUT2D eigenvalue weighted by atomic mass is 127. The van der Waals surface area contributed by atoms with E-state index in [2.05, 4.69) is 57.2 Å². The van der Waals surface area contributed by atoms with Gasteiger partial charge in [0.1, 0.15) is 5.84 Å². The number of benzene rings is 1. The Balaban J connectivity index is 2.13. The van der Waals surface area contributed by atoms with Crippen LogP contribution in [0.25, 0.3) is 0 Å². The van der Waals surface area contributed by atoms with Crippen LogP contribution in [0.2, 0.25) is 0 Å². The summed E-state index contributed by atoms with van der Waals surface area (Å²) in [7, 11) is 0.